The average Bonchev–Trinajstić information content (AvgIpc) is 2.68. The van der Waals surface area contributed by atoms with Gasteiger partial charge in [-0.3, -0.25) is 14.4 Å². The van der Waals surface area contributed by atoms with Gasteiger partial charge in [0.2, 0.25) is 17.7 Å². The highest BCUT2D eigenvalue weighted by Crippen LogP contribution is 2.36. The van der Waals surface area contributed by atoms with Gasteiger partial charge in [0.15, 0.2) is 0 Å². The maximum absolute atomic E-state index is 14.1. The van der Waals surface area contributed by atoms with Crippen LogP contribution in [0.4, 0.5) is 4.79 Å². The highest BCUT2D eigenvalue weighted by Gasteiger charge is 2.43. The van der Waals surface area contributed by atoms with E-state index in [9.17, 15) is 19.2 Å². The number of amides is 4. The Morgan fingerprint density at radius 2 is 1.67 bits per heavy atom. The number of carbonyl (C=O) groups is 4. The number of hydrogen-bond acceptors (Lipinski definition) is 5. The van der Waals surface area contributed by atoms with E-state index in [4.69, 9.17) is 10.5 Å². The summed E-state index contributed by atoms with van der Waals surface area (Å²) in [6, 6.07) is 3.50. The lowest BCUT2D eigenvalue weighted by Crippen LogP contribution is -2.58. The van der Waals surface area contributed by atoms with Crippen molar-refractivity contribution >= 4 is 23.8 Å². The molecule has 2 atom stereocenters. The van der Waals surface area contributed by atoms with E-state index in [0.717, 1.165) is 36.0 Å². The van der Waals surface area contributed by atoms with Gasteiger partial charge in [-0.1, -0.05) is 18.2 Å². The Morgan fingerprint density at radius 1 is 1.08 bits per heavy atom. The molecule has 0 bridgehead atoms. The number of aryl methyl sites for hydroxylation is 2. The van der Waals surface area contributed by atoms with E-state index < -0.39 is 35.6 Å². The third-order valence-corrected chi connectivity index (χ3v) is 6.16. The standard InChI is InChI=1S/C27H42N4O5/c1-16(2)29-24(33)23(22-17(3)10-8-11-18(22)4)31(19-12-9-13-19)25(34)20(14-15-21(28)32)30-26(35)36-27(5,6)7/h8,10-11,16,19-20,23H,9,12-15H2,1-7H3,(H2,28,32)(H,29,33)(H,30,35). The molecular formula is C27H42N4O5. The summed E-state index contributed by atoms with van der Waals surface area (Å²) in [4.78, 5) is 53.6. The van der Waals surface area contributed by atoms with Crippen LogP contribution in [0.5, 0.6) is 0 Å². The zero-order valence-electron chi connectivity index (χ0n) is 22.6. The van der Waals surface area contributed by atoms with Crippen LogP contribution in [0.3, 0.4) is 0 Å². The van der Waals surface area contributed by atoms with Crippen LogP contribution in [-0.4, -0.2) is 52.4 Å². The first-order chi connectivity index (χ1) is 16.7. The number of ether oxygens (including phenoxy) is 1. The molecule has 1 saturated carbocycles. The summed E-state index contributed by atoms with van der Waals surface area (Å²) in [7, 11) is 0. The first-order valence-electron chi connectivity index (χ1n) is 12.7. The molecule has 9 nitrogen and oxygen atoms in total. The van der Waals surface area contributed by atoms with Crippen molar-refractivity contribution in [2.75, 3.05) is 0 Å². The number of nitrogens with one attached hydrogen (secondary N) is 2. The van der Waals surface area contributed by atoms with Crippen molar-refractivity contribution in [3.63, 3.8) is 0 Å². The predicted octanol–water partition coefficient (Wildman–Crippen LogP) is 3.41. The number of benzene rings is 1. The molecule has 0 aliphatic heterocycles. The predicted molar refractivity (Wildman–Crippen MR) is 138 cm³/mol. The van der Waals surface area contributed by atoms with Gasteiger partial charge < -0.3 is 26.0 Å². The van der Waals surface area contributed by atoms with Crippen LogP contribution in [0.1, 0.15) is 89.5 Å². The van der Waals surface area contributed by atoms with Crippen molar-refractivity contribution in [3.05, 3.63) is 34.9 Å². The fourth-order valence-corrected chi connectivity index (χ4v) is 4.38. The van der Waals surface area contributed by atoms with Crippen molar-refractivity contribution in [2.45, 2.75) is 110 Å². The highest BCUT2D eigenvalue weighted by molar-refractivity contribution is 5.93. The number of nitrogens with zero attached hydrogens (tertiary/aromatic N) is 1. The molecule has 1 fully saturated rings. The molecule has 0 spiro atoms. The van der Waals surface area contributed by atoms with E-state index in [-0.39, 0.29) is 30.8 Å². The van der Waals surface area contributed by atoms with Crippen molar-refractivity contribution in [3.8, 4) is 0 Å². The zero-order valence-corrected chi connectivity index (χ0v) is 22.6. The molecule has 4 amide bonds. The van der Waals surface area contributed by atoms with Crippen molar-refractivity contribution < 1.29 is 23.9 Å². The Kier molecular flexibility index (Phi) is 9.90. The number of rotatable bonds is 10. The van der Waals surface area contributed by atoms with Gasteiger partial charge in [0.1, 0.15) is 17.7 Å². The lowest BCUT2D eigenvalue weighted by molar-refractivity contribution is -0.148. The molecule has 200 valence electrons. The first-order valence-corrected chi connectivity index (χ1v) is 12.7. The molecule has 0 radical (unpaired) electrons. The third kappa shape index (κ3) is 7.96. The Balaban J connectivity index is 2.55. The van der Waals surface area contributed by atoms with Gasteiger partial charge in [-0.2, -0.15) is 0 Å². The first kappa shape index (κ1) is 29.1. The molecule has 1 aromatic rings. The van der Waals surface area contributed by atoms with E-state index >= 15 is 0 Å². The number of hydrogen-bond donors (Lipinski definition) is 3. The van der Waals surface area contributed by atoms with E-state index in [1.54, 1.807) is 25.7 Å². The largest absolute Gasteiger partial charge is 0.444 e. The van der Waals surface area contributed by atoms with Gasteiger partial charge in [-0.15, -0.1) is 0 Å². The molecule has 2 rings (SSSR count). The Labute approximate surface area is 214 Å². The van der Waals surface area contributed by atoms with Crippen LogP contribution in [-0.2, 0) is 19.1 Å². The minimum Gasteiger partial charge on any atom is -0.444 e. The lowest BCUT2D eigenvalue weighted by Gasteiger charge is -2.44. The summed E-state index contributed by atoms with van der Waals surface area (Å²) in [6.07, 6.45) is 1.56. The molecule has 0 aromatic heterocycles. The lowest BCUT2D eigenvalue weighted by atomic mass is 9.86. The second-order valence-corrected chi connectivity index (χ2v) is 10.9. The second kappa shape index (κ2) is 12.2. The fraction of sp³-hybridized carbons (Fsp3) is 0.630. The molecule has 1 aliphatic rings. The minimum absolute atomic E-state index is 0.00189. The maximum Gasteiger partial charge on any atom is 0.408 e. The topological polar surface area (TPSA) is 131 Å². The Morgan fingerprint density at radius 3 is 2.11 bits per heavy atom. The number of nitrogens with two attached hydrogens (primary N) is 1. The minimum atomic E-state index is -1.08. The van der Waals surface area contributed by atoms with E-state index in [1.807, 2.05) is 45.9 Å². The van der Waals surface area contributed by atoms with E-state index in [2.05, 4.69) is 10.6 Å². The summed E-state index contributed by atoms with van der Waals surface area (Å²) in [5.74, 6) is -1.30. The van der Waals surface area contributed by atoms with Gasteiger partial charge in [-0.25, -0.2) is 4.79 Å². The normalized spacial score (nSPS) is 15.4. The van der Waals surface area contributed by atoms with Gasteiger partial charge >= 0.3 is 6.09 Å². The summed E-state index contributed by atoms with van der Waals surface area (Å²) in [5.41, 5.74) is 7.15. The quantitative estimate of drug-likeness (QED) is 0.451. The van der Waals surface area contributed by atoms with E-state index in [1.165, 1.54) is 0 Å². The highest BCUT2D eigenvalue weighted by atomic mass is 16.6. The summed E-state index contributed by atoms with van der Waals surface area (Å²) < 4.78 is 5.37. The van der Waals surface area contributed by atoms with Gasteiger partial charge in [0.05, 0.1) is 0 Å². The number of primary amides is 1. The van der Waals surface area contributed by atoms with Crippen molar-refractivity contribution in [1.29, 1.82) is 0 Å². The zero-order chi connectivity index (χ0) is 27.2. The van der Waals surface area contributed by atoms with Crippen LogP contribution in [0, 0.1) is 13.8 Å². The summed E-state index contributed by atoms with van der Waals surface area (Å²) in [5, 5.41) is 5.61. The molecule has 36 heavy (non-hydrogen) atoms. The molecule has 9 heteroatoms. The van der Waals surface area contributed by atoms with E-state index in [0.29, 0.717) is 0 Å². The molecule has 2 unspecified atom stereocenters. The molecular weight excluding hydrogens is 460 g/mol. The smallest absolute Gasteiger partial charge is 0.408 e. The number of carbonyl (C=O) groups excluding carboxylic acids is 4. The van der Waals surface area contributed by atoms with Crippen LogP contribution in [0.2, 0.25) is 0 Å². The second-order valence-electron chi connectivity index (χ2n) is 10.9. The SMILES string of the molecule is Cc1cccc(C)c1C(C(=O)NC(C)C)N(C(=O)C(CCC(N)=O)NC(=O)OC(C)(C)C)C1CCC1. The monoisotopic (exact) mass is 502 g/mol. The van der Waals surface area contributed by atoms with Crippen molar-refractivity contribution in [2.24, 2.45) is 5.73 Å². The van der Waals surface area contributed by atoms with Gasteiger partial charge in [-0.05, 0) is 90.8 Å². The Hall–Kier alpha value is -3.10. The Bertz CT molecular complexity index is 945. The molecule has 1 aromatic carbocycles. The van der Waals surface area contributed by atoms with Crippen LogP contribution in [0.25, 0.3) is 0 Å². The number of alkyl carbamates (subject to hydrolysis) is 1. The maximum atomic E-state index is 14.1. The van der Waals surface area contributed by atoms with Crippen LogP contribution < -0.4 is 16.4 Å². The molecule has 0 heterocycles. The molecule has 0 saturated heterocycles. The third-order valence-electron chi connectivity index (χ3n) is 6.16. The van der Waals surface area contributed by atoms with Crippen LogP contribution in [0.15, 0.2) is 18.2 Å². The van der Waals surface area contributed by atoms with Gasteiger partial charge in [0.25, 0.3) is 0 Å². The van der Waals surface area contributed by atoms with Gasteiger partial charge in [0, 0.05) is 18.5 Å². The average molecular weight is 503 g/mol. The van der Waals surface area contributed by atoms with Crippen LogP contribution >= 0.6 is 0 Å². The molecule has 4 N–H and O–H groups in total. The van der Waals surface area contributed by atoms with Crippen molar-refractivity contribution in [1.82, 2.24) is 15.5 Å². The summed E-state index contributed by atoms with van der Waals surface area (Å²) in [6.45, 7) is 12.8. The fourth-order valence-electron chi connectivity index (χ4n) is 4.38. The molecule has 1 aliphatic carbocycles. The summed E-state index contributed by atoms with van der Waals surface area (Å²) >= 11 is 0.